The lowest BCUT2D eigenvalue weighted by Crippen LogP contribution is -2.49. The van der Waals surface area contributed by atoms with Gasteiger partial charge in [0.25, 0.3) is 11.7 Å². The van der Waals surface area contributed by atoms with Crippen LogP contribution in [0.4, 0.5) is 21.9 Å². The fourth-order valence-electron chi connectivity index (χ4n) is 8.86. The summed E-state index contributed by atoms with van der Waals surface area (Å²) in [4.78, 5) is 59.7. The van der Waals surface area contributed by atoms with Gasteiger partial charge in [-0.2, -0.15) is 10.1 Å². The summed E-state index contributed by atoms with van der Waals surface area (Å²) in [7, 11) is 0. The number of aromatic nitrogens is 6. The predicted molar refractivity (Wildman–Crippen MR) is 242 cm³/mol. The van der Waals surface area contributed by atoms with Gasteiger partial charge < -0.3 is 19.6 Å². The summed E-state index contributed by atoms with van der Waals surface area (Å²) in [5.41, 5.74) is 8.94. The summed E-state index contributed by atoms with van der Waals surface area (Å²) >= 11 is 0. The molecule has 3 aliphatic heterocycles. The van der Waals surface area contributed by atoms with Crippen LogP contribution in [0.1, 0.15) is 80.6 Å². The van der Waals surface area contributed by atoms with Gasteiger partial charge in [-0.05, 0) is 92.3 Å². The summed E-state index contributed by atoms with van der Waals surface area (Å²) in [6, 6.07) is 19.9. The number of carbonyl (C=O) groups is 3. The number of fused-ring (bicyclic) bond motifs is 1. The molecule has 0 radical (unpaired) electrons. The van der Waals surface area contributed by atoms with Gasteiger partial charge in [0.1, 0.15) is 5.69 Å². The lowest BCUT2D eigenvalue weighted by Gasteiger charge is -2.40. The van der Waals surface area contributed by atoms with Gasteiger partial charge in [-0.25, -0.2) is 9.78 Å². The molecule has 4 amide bonds. The quantitative estimate of drug-likeness (QED) is 0.134. The number of amides is 4. The monoisotopic (exact) mass is 850 g/mol. The minimum absolute atomic E-state index is 0.0186. The molecule has 9 rings (SSSR count). The molecule has 1 atom stereocenters. The first kappa shape index (κ1) is 41.7. The van der Waals surface area contributed by atoms with Crippen molar-refractivity contribution in [1.82, 2.24) is 45.8 Å². The second-order valence-electron chi connectivity index (χ2n) is 18.0. The summed E-state index contributed by atoms with van der Waals surface area (Å²) in [5, 5.41) is 17.9. The molecule has 6 aromatic rings. The number of nitrogens with one attached hydrogen (secondary N) is 3. The van der Waals surface area contributed by atoms with E-state index in [0.717, 1.165) is 109 Å². The van der Waals surface area contributed by atoms with Gasteiger partial charge >= 0.3 is 6.03 Å². The Hall–Kier alpha value is -6.68. The molecular weight excluding hydrogens is 797 g/mol. The van der Waals surface area contributed by atoms with Crippen LogP contribution in [0.3, 0.4) is 0 Å². The molecule has 326 valence electrons. The van der Waals surface area contributed by atoms with Gasteiger partial charge in [-0.1, -0.05) is 38.1 Å². The Morgan fingerprint density at radius 2 is 1.59 bits per heavy atom. The van der Waals surface area contributed by atoms with E-state index >= 15 is 0 Å². The second kappa shape index (κ2) is 17.2. The van der Waals surface area contributed by atoms with Crippen LogP contribution in [0, 0.1) is 12.8 Å². The second-order valence-corrected chi connectivity index (χ2v) is 18.0. The van der Waals surface area contributed by atoms with Crippen molar-refractivity contribution in [3.63, 3.8) is 0 Å². The number of rotatable bonds is 10. The van der Waals surface area contributed by atoms with E-state index in [1.54, 1.807) is 4.90 Å². The van der Waals surface area contributed by atoms with E-state index in [4.69, 9.17) is 14.5 Å². The number of aromatic amines is 1. The highest BCUT2D eigenvalue weighted by atomic mass is 16.5. The lowest BCUT2D eigenvalue weighted by atomic mass is 9.95. The summed E-state index contributed by atoms with van der Waals surface area (Å²) in [6.45, 7) is 17.4. The molecule has 3 saturated heterocycles. The average molecular weight is 851 g/mol. The van der Waals surface area contributed by atoms with Gasteiger partial charge in [0.2, 0.25) is 11.8 Å². The minimum Gasteiger partial charge on any atom is -0.372 e. The zero-order chi connectivity index (χ0) is 43.8. The van der Waals surface area contributed by atoms with Crippen molar-refractivity contribution in [2.75, 3.05) is 67.1 Å². The molecule has 16 heteroatoms. The van der Waals surface area contributed by atoms with Crippen LogP contribution in [0.15, 0.2) is 77.6 Å². The normalized spacial score (nSPS) is 17.3. The number of carbonyl (C=O) groups excluding carboxylic acids is 3. The van der Waals surface area contributed by atoms with Crippen LogP contribution in [0.2, 0.25) is 0 Å². The third-order valence-electron chi connectivity index (χ3n) is 12.5. The Balaban J connectivity index is 0.767. The molecule has 0 saturated carbocycles. The van der Waals surface area contributed by atoms with Crippen LogP contribution < -0.4 is 25.3 Å². The Morgan fingerprint density at radius 1 is 0.857 bits per heavy atom. The number of H-pyrrole nitrogens is 1. The molecule has 63 heavy (non-hydrogen) atoms. The number of hydrogen-bond acceptors (Lipinski definition) is 12. The molecule has 2 aromatic carbocycles. The SMILES string of the molecule is Cc1cc(-c2n[nH]c3ncc(-c4ccc(N5CCN(CC6CCN(c7ccc(N8CCC(=O)NC8=O)cc7)CC6)CC5)cn4)cc23)ccc1C(C)NC(=O)c1noc(C(C)(C)C)n1. The summed E-state index contributed by atoms with van der Waals surface area (Å²) in [5.74, 6) is 0.495. The van der Waals surface area contributed by atoms with E-state index in [1.165, 1.54) is 5.69 Å². The van der Waals surface area contributed by atoms with Gasteiger partial charge in [-0.3, -0.25) is 34.8 Å². The third-order valence-corrected chi connectivity index (χ3v) is 12.5. The van der Waals surface area contributed by atoms with E-state index < -0.39 is 0 Å². The number of benzene rings is 2. The molecule has 7 heterocycles. The topological polar surface area (TPSA) is 182 Å². The van der Waals surface area contributed by atoms with E-state index in [0.29, 0.717) is 30.4 Å². The lowest BCUT2D eigenvalue weighted by molar-refractivity contribution is -0.120. The Kier molecular flexibility index (Phi) is 11.4. The number of pyridine rings is 2. The standard InChI is InChI=1S/C47H54N12O4/c1-29-24-32(6-12-37(29)30(2)50-44(61)43-52-45(63-55-43)47(3,4)5)41-38-25-33(26-49-42(38)54-53-41)39-13-11-36(27-48-39)58-22-20-56(21-23-58)28-31-14-17-57(18-15-31)34-7-9-35(10-8-34)59-19-16-40(60)51-46(59)62/h6-13,24-27,30-31H,14-23,28H2,1-5H3,(H,50,61)(H,49,53,54)(H,51,60,62). The Morgan fingerprint density at radius 3 is 2.27 bits per heavy atom. The number of aryl methyl sites for hydroxylation is 1. The number of anilines is 3. The number of nitrogens with zero attached hydrogens (tertiary/aromatic N) is 9. The van der Waals surface area contributed by atoms with Crippen molar-refractivity contribution in [3.8, 4) is 22.5 Å². The van der Waals surface area contributed by atoms with Gasteiger partial charge in [0, 0.05) is 98.3 Å². The van der Waals surface area contributed by atoms with E-state index in [9.17, 15) is 14.4 Å². The largest absolute Gasteiger partial charge is 0.372 e. The fourth-order valence-corrected chi connectivity index (χ4v) is 8.86. The highest BCUT2D eigenvalue weighted by molar-refractivity contribution is 6.05. The predicted octanol–water partition coefficient (Wildman–Crippen LogP) is 6.65. The molecule has 3 aliphatic rings. The maximum atomic E-state index is 12.9. The summed E-state index contributed by atoms with van der Waals surface area (Å²) in [6.07, 6.45) is 6.43. The smallest absolute Gasteiger partial charge is 0.328 e. The van der Waals surface area contributed by atoms with Crippen molar-refractivity contribution in [3.05, 3.63) is 95.9 Å². The molecule has 4 aromatic heterocycles. The van der Waals surface area contributed by atoms with Crippen LogP contribution >= 0.6 is 0 Å². The number of hydrogen-bond donors (Lipinski definition) is 3. The molecule has 3 N–H and O–H groups in total. The third kappa shape index (κ3) is 8.98. The molecule has 0 spiro atoms. The van der Waals surface area contributed by atoms with Gasteiger partial charge in [0.15, 0.2) is 5.65 Å². The molecule has 16 nitrogen and oxygen atoms in total. The average Bonchev–Trinajstić information content (AvgIpc) is 3.96. The Labute approximate surface area is 366 Å². The van der Waals surface area contributed by atoms with E-state index in [-0.39, 0.29) is 35.1 Å². The Bertz CT molecular complexity index is 2620. The molecule has 3 fully saturated rings. The molecule has 1 unspecified atom stereocenters. The number of piperazine rings is 1. The maximum Gasteiger partial charge on any atom is 0.328 e. The van der Waals surface area contributed by atoms with Crippen LogP contribution in [-0.2, 0) is 10.2 Å². The van der Waals surface area contributed by atoms with Crippen molar-refractivity contribution < 1.29 is 18.9 Å². The van der Waals surface area contributed by atoms with Crippen molar-refractivity contribution in [2.24, 2.45) is 5.92 Å². The van der Waals surface area contributed by atoms with Crippen LogP contribution in [0.25, 0.3) is 33.5 Å². The maximum absolute atomic E-state index is 12.9. The van der Waals surface area contributed by atoms with Gasteiger partial charge in [-0.15, -0.1) is 0 Å². The zero-order valence-corrected chi connectivity index (χ0v) is 36.5. The van der Waals surface area contributed by atoms with E-state index in [2.05, 4.69) is 82.1 Å². The summed E-state index contributed by atoms with van der Waals surface area (Å²) < 4.78 is 5.31. The highest BCUT2D eigenvalue weighted by Crippen LogP contribution is 2.32. The first-order valence-corrected chi connectivity index (χ1v) is 21.9. The van der Waals surface area contributed by atoms with Crippen LogP contribution in [0.5, 0.6) is 0 Å². The van der Waals surface area contributed by atoms with E-state index in [1.807, 2.05) is 71.3 Å². The number of urea groups is 1. The van der Waals surface area contributed by atoms with Crippen molar-refractivity contribution >= 4 is 45.9 Å². The molecule has 0 aliphatic carbocycles. The van der Waals surface area contributed by atoms with Crippen molar-refractivity contribution in [1.29, 1.82) is 0 Å². The van der Waals surface area contributed by atoms with Crippen LogP contribution in [-0.4, -0.2) is 105 Å². The highest BCUT2D eigenvalue weighted by Gasteiger charge is 2.28. The van der Waals surface area contributed by atoms with Crippen molar-refractivity contribution in [2.45, 2.75) is 65.3 Å². The minimum atomic E-state index is -0.388. The zero-order valence-electron chi connectivity index (χ0n) is 36.5. The first-order chi connectivity index (χ1) is 30.4. The first-order valence-electron chi connectivity index (χ1n) is 21.9. The molecular formula is C47H54N12O4. The fraction of sp³-hybridized carbons (Fsp3) is 0.404. The number of imide groups is 1. The van der Waals surface area contributed by atoms with Gasteiger partial charge in [0.05, 0.1) is 23.6 Å². The number of piperidine rings is 1. The molecule has 0 bridgehead atoms.